The summed E-state index contributed by atoms with van der Waals surface area (Å²) in [6, 6.07) is 16.7. The van der Waals surface area contributed by atoms with Crippen molar-refractivity contribution in [1.29, 1.82) is 0 Å². The van der Waals surface area contributed by atoms with E-state index in [1.54, 1.807) is 23.5 Å². The summed E-state index contributed by atoms with van der Waals surface area (Å²) in [5.74, 6) is -0.395. The van der Waals surface area contributed by atoms with Gasteiger partial charge in [-0.3, -0.25) is 0 Å². The molecule has 3 rings (SSSR count). The van der Waals surface area contributed by atoms with E-state index in [0.717, 1.165) is 27.4 Å². The number of rotatable bonds is 3. The van der Waals surface area contributed by atoms with Crippen molar-refractivity contribution in [1.82, 2.24) is 0 Å². The topological polar surface area (TPSA) is 0 Å². The van der Waals surface area contributed by atoms with Crippen LogP contribution in [-0.4, -0.2) is 0 Å². The van der Waals surface area contributed by atoms with Crippen LogP contribution in [0.4, 0.5) is 4.39 Å². The molecule has 0 unspecified atom stereocenters. The van der Waals surface area contributed by atoms with Crippen LogP contribution in [0.25, 0.3) is 10.4 Å². The van der Waals surface area contributed by atoms with Crippen LogP contribution in [0.2, 0.25) is 10.0 Å². The molecule has 0 aliphatic heterocycles. The zero-order valence-corrected chi connectivity index (χ0v) is 13.3. The van der Waals surface area contributed by atoms with E-state index < -0.39 is 5.82 Å². The van der Waals surface area contributed by atoms with E-state index in [0.29, 0.717) is 0 Å². The highest BCUT2D eigenvalue weighted by atomic mass is 35.5. The Hall–Kier alpha value is -1.35. The first-order valence-corrected chi connectivity index (χ1v) is 7.98. The first-order chi connectivity index (χ1) is 10.1. The van der Waals surface area contributed by atoms with Crippen LogP contribution in [0.3, 0.4) is 0 Å². The van der Waals surface area contributed by atoms with Crippen LogP contribution in [0.1, 0.15) is 10.4 Å². The summed E-state index contributed by atoms with van der Waals surface area (Å²) in [7, 11) is 0. The molecule has 1 heterocycles. The van der Waals surface area contributed by atoms with Crippen LogP contribution in [0.5, 0.6) is 0 Å². The van der Waals surface area contributed by atoms with Crippen molar-refractivity contribution >= 4 is 34.5 Å². The van der Waals surface area contributed by atoms with Gasteiger partial charge in [0.15, 0.2) is 0 Å². The highest BCUT2D eigenvalue weighted by Crippen LogP contribution is 2.32. The molecule has 0 saturated heterocycles. The minimum atomic E-state index is -0.395. The Bertz CT molecular complexity index is 780. The Morgan fingerprint density at radius 3 is 2.48 bits per heavy atom. The molecule has 2 aromatic carbocycles. The van der Waals surface area contributed by atoms with Gasteiger partial charge in [0, 0.05) is 21.2 Å². The van der Waals surface area contributed by atoms with Gasteiger partial charge >= 0.3 is 0 Å². The summed E-state index contributed by atoms with van der Waals surface area (Å²) in [6.07, 6.45) is 0.791. The van der Waals surface area contributed by atoms with E-state index in [2.05, 4.69) is 6.07 Å². The molecule has 0 nitrogen and oxygen atoms in total. The third-order valence-electron chi connectivity index (χ3n) is 3.19. The Kier molecular flexibility index (Phi) is 4.29. The largest absolute Gasteiger partial charge is 0.205 e. The van der Waals surface area contributed by atoms with Gasteiger partial charge in [0.2, 0.25) is 0 Å². The van der Waals surface area contributed by atoms with Gasteiger partial charge in [-0.1, -0.05) is 47.5 Å². The number of benzene rings is 2. The van der Waals surface area contributed by atoms with E-state index in [4.69, 9.17) is 23.2 Å². The average Bonchev–Trinajstić information content (AvgIpc) is 2.93. The lowest BCUT2D eigenvalue weighted by Gasteiger charge is -2.02. The maximum absolute atomic E-state index is 13.2. The van der Waals surface area contributed by atoms with Gasteiger partial charge in [-0.05, 0) is 41.5 Å². The summed E-state index contributed by atoms with van der Waals surface area (Å²) in [4.78, 5) is 2.28. The molecule has 21 heavy (non-hydrogen) atoms. The van der Waals surface area contributed by atoms with Crippen molar-refractivity contribution in [3.05, 3.63) is 80.9 Å². The van der Waals surface area contributed by atoms with Gasteiger partial charge in [0.25, 0.3) is 0 Å². The lowest BCUT2D eigenvalue weighted by atomic mass is 10.1. The molecule has 0 aliphatic rings. The van der Waals surface area contributed by atoms with Crippen molar-refractivity contribution in [3.63, 3.8) is 0 Å². The number of hydrogen-bond donors (Lipinski definition) is 0. The molecule has 0 saturated carbocycles. The highest BCUT2D eigenvalue weighted by molar-refractivity contribution is 7.15. The smallest absolute Gasteiger partial charge is 0.141 e. The minimum Gasteiger partial charge on any atom is -0.205 e. The lowest BCUT2D eigenvalue weighted by Crippen LogP contribution is -1.84. The van der Waals surface area contributed by atoms with Crippen LogP contribution in [0.15, 0.2) is 54.6 Å². The van der Waals surface area contributed by atoms with Crippen LogP contribution >= 0.6 is 34.5 Å². The van der Waals surface area contributed by atoms with Crippen molar-refractivity contribution < 1.29 is 4.39 Å². The maximum Gasteiger partial charge on any atom is 0.141 e. The first-order valence-electron chi connectivity index (χ1n) is 6.41. The van der Waals surface area contributed by atoms with E-state index in [9.17, 15) is 4.39 Å². The number of hydrogen-bond acceptors (Lipinski definition) is 1. The van der Waals surface area contributed by atoms with Crippen molar-refractivity contribution in [3.8, 4) is 10.4 Å². The fourth-order valence-electron chi connectivity index (χ4n) is 2.11. The predicted octanol–water partition coefficient (Wildman–Crippen LogP) is 6.45. The molecule has 0 aliphatic carbocycles. The Morgan fingerprint density at radius 1 is 0.905 bits per heavy atom. The number of thiophene rings is 1. The molecule has 3 aromatic rings. The standard InChI is InChI=1S/C17H11Cl2FS/c18-14-4-2-1-3-11(14)9-13-6-8-17(21-13)12-5-7-16(20)15(19)10-12/h1-8,10H,9H2. The normalized spacial score (nSPS) is 10.8. The molecule has 0 fully saturated rings. The molecule has 0 amide bonds. The van der Waals surface area contributed by atoms with E-state index >= 15 is 0 Å². The van der Waals surface area contributed by atoms with Gasteiger partial charge in [-0.25, -0.2) is 4.39 Å². The van der Waals surface area contributed by atoms with E-state index in [1.807, 2.05) is 30.3 Å². The molecule has 0 bridgehead atoms. The summed E-state index contributed by atoms with van der Waals surface area (Å²) in [5, 5.41) is 0.922. The zero-order chi connectivity index (χ0) is 14.8. The summed E-state index contributed by atoms with van der Waals surface area (Å²) in [5.41, 5.74) is 2.03. The van der Waals surface area contributed by atoms with Gasteiger partial charge in [0.05, 0.1) is 5.02 Å². The second-order valence-electron chi connectivity index (χ2n) is 4.66. The second kappa shape index (κ2) is 6.18. The molecule has 106 valence electrons. The average molecular weight is 337 g/mol. The van der Waals surface area contributed by atoms with Crippen molar-refractivity contribution in [2.45, 2.75) is 6.42 Å². The van der Waals surface area contributed by atoms with Gasteiger partial charge in [0.1, 0.15) is 5.82 Å². The van der Waals surface area contributed by atoms with Gasteiger partial charge < -0.3 is 0 Å². The molecule has 1 aromatic heterocycles. The molecular weight excluding hydrogens is 326 g/mol. The van der Waals surface area contributed by atoms with Crippen LogP contribution in [0, 0.1) is 5.82 Å². The van der Waals surface area contributed by atoms with Gasteiger partial charge in [-0.15, -0.1) is 11.3 Å². The fourth-order valence-corrected chi connectivity index (χ4v) is 3.52. The van der Waals surface area contributed by atoms with Crippen molar-refractivity contribution in [2.75, 3.05) is 0 Å². The predicted molar refractivity (Wildman–Crippen MR) is 89.0 cm³/mol. The van der Waals surface area contributed by atoms with E-state index in [1.165, 1.54) is 10.9 Å². The molecular formula is C17H11Cl2FS. The minimum absolute atomic E-state index is 0.147. The fraction of sp³-hybridized carbons (Fsp3) is 0.0588. The third kappa shape index (κ3) is 3.29. The monoisotopic (exact) mass is 336 g/mol. The summed E-state index contributed by atoms with van der Waals surface area (Å²) in [6.45, 7) is 0. The van der Waals surface area contributed by atoms with E-state index in [-0.39, 0.29) is 5.02 Å². The summed E-state index contributed by atoms with van der Waals surface area (Å²) >= 11 is 13.7. The lowest BCUT2D eigenvalue weighted by molar-refractivity contribution is 0.628. The molecule has 0 spiro atoms. The molecule has 0 radical (unpaired) electrons. The van der Waals surface area contributed by atoms with Crippen molar-refractivity contribution in [2.24, 2.45) is 0 Å². The summed E-state index contributed by atoms with van der Waals surface area (Å²) < 4.78 is 13.2. The quantitative estimate of drug-likeness (QED) is 0.515. The molecule has 0 N–H and O–H groups in total. The second-order valence-corrected chi connectivity index (χ2v) is 6.65. The molecule has 4 heteroatoms. The number of halogens is 3. The Balaban J connectivity index is 1.86. The SMILES string of the molecule is Fc1ccc(-c2ccc(Cc3ccccc3Cl)s2)cc1Cl. The first kappa shape index (κ1) is 14.6. The van der Waals surface area contributed by atoms with Gasteiger partial charge in [-0.2, -0.15) is 0 Å². The zero-order valence-electron chi connectivity index (χ0n) is 10.9. The Morgan fingerprint density at radius 2 is 1.71 bits per heavy atom. The Labute approximate surface area is 136 Å². The highest BCUT2D eigenvalue weighted by Gasteiger charge is 2.08. The van der Waals surface area contributed by atoms with Crippen LogP contribution in [-0.2, 0) is 6.42 Å². The van der Waals surface area contributed by atoms with Crippen LogP contribution < -0.4 is 0 Å². The third-order valence-corrected chi connectivity index (χ3v) is 4.98. The molecule has 0 atom stereocenters. The maximum atomic E-state index is 13.2.